The number of aryl methyl sites for hydroxylation is 2. The summed E-state index contributed by atoms with van der Waals surface area (Å²) in [5.41, 5.74) is 1.98. The zero-order valence-corrected chi connectivity index (χ0v) is 10.7. The van der Waals surface area contributed by atoms with Gasteiger partial charge in [-0.25, -0.2) is 0 Å². The van der Waals surface area contributed by atoms with Crippen molar-refractivity contribution in [3.63, 3.8) is 0 Å². The van der Waals surface area contributed by atoms with Crippen LogP contribution in [0.3, 0.4) is 0 Å². The molecule has 0 spiro atoms. The second-order valence-corrected chi connectivity index (χ2v) is 4.48. The number of carbonyl (C=O) groups excluding carboxylic acids is 1. The molecule has 94 valence electrons. The minimum atomic E-state index is -0.158. The second kappa shape index (κ2) is 4.49. The van der Waals surface area contributed by atoms with Gasteiger partial charge >= 0.3 is 5.97 Å². The average Bonchev–Trinajstić information content (AvgIpc) is 2.56. The Kier molecular flexibility index (Phi) is 3.19. The monoisotopic (exact) mass is 238 g/mol. The van der Waals surface area contributed by atoms with Gasteiger partial charge in [0.05, 0.1) is 12.8 Å². The van der Waals surface area contributed by atoms with Crippen molar-refractivity contribution in [3.8, 4) is 0 Å². The highest BCUT2D eigenvalue weighted by atomic mass is 16.5. The molecule has 2 unspecified atom stereocenters. The Hall–Kier alpha value is -1.36. The number of carbonyl (C=O) groups is 1. The van der Waals surface area contributed by atoms with Crippen LogP contribution in [0.5, 0.6) is 0 Å². The van der Waals surface area contributed by atoms with Crippen molar-refractivity contribution in [2.45, 2.75) is 39.3 Å². The Bertz CT molecular complexity index is 408. The van der Waals surface area contributed by atoms with Crippen LogP contribution < -0.4 is 0 Å². The zero-order valence-electron chi connectivity index (χ0n) is 10.7. The topological polar surface area (TPSA) is 55.6 Å². The molecular weight excluding hydrogens is 220 g/mol. The van der Waals surface area contributed by atoms with Gasteiger partial charge in [0.25, 0.3) is 0 Å². The van der Waals surface area contributed by atoms with Gasteiger partial charge in [0.2, 0.25) is 0 Å². The molecule has 2 rings (SSSR count). The summed E-state index contributed by atoms with van der Waals surface area (Å²) in [5.74, 6) is 0.667. The van der Waals surface area contributed by atoms with Crippen LogP contribution in [0, 0.1) is 13.8 Å². The van der Waals surface area contributed by atoms with Crippen LogP contribution in [0.25, 0.3) is 0 Å². The van der Waals surface area contributed by atoms with Crippen LogP contribution in [-0.4, -0.2) is 35.7 Å². The third-order valence-corrected chi connectivity index (χ3v) is 3.54. The van der Waals surface area contributed by atoms with Gasteiger partial charge in [-0.2, -0.15) is 0 Å². The van der Waals surface area contributed by atoms with Crippen LogP contribution in [0.15, 0.2) is 4.52 Å². The molecular formula is C12H18N2O3. The maximum absolute atomic E-state index is 11.5. The third-order valence-electron chi connectivity index (χ3n) is 3.54. The Morgan fingerprint density at radius 3 is 2.71 bits per heavy atom. The Morgan fingerprint density at radius 1 is 1.59 bits per heavy atom. The molecule has 1 saturated heterocycles. The van der Waals surface area contributed by atoms with Gasteiger partial charge in [-0.05, 0) is 27.2 Å². The minimum Gasteiger partial charge on any atom is -0.468 e. The van der Waals surface area contributed by atoms with Crippen molar-refractivity contribution in [2.75, 3.05) is 13.7 Å². The van der Waals surface area contributed by atoms with E-state index in [-0.39, 0.29) is 18.1 Å². The second-order valence-electron chi connectivity index (χ2n) is 4.48. The molecule has 5 nitrogen and oxygen atoms in total. The molecule has 2 atom stereocenters. The van der Waals surface area contributed by atoms with E-state index < -0.39 is 0 Å². The molecule has 1 fully saturated rings. The predicted molar refractivity (Wildman–Crippen MR) is 61.5 cm³/mol. The number of aromatic nitrogens is 1. The molecule has 0 N–H and O–H groups in total. The lowest BCUT2D eigenvalue weighted by Gasteiger charge is -2.42. The lowest BCUT2D eigenvalue weighted by molar-refractivity contribution is -0.153. The van der Waals surface area contributed by atoms with E-state index in [0.29, 0.717) is 0 Å². The molecule has 0 saturated carbocycles. The molecule has 17 heavy (non-hydrogen) atoms. The average molecular weight is 238 g/mol. The number of rotatable bonds is 3. The first-order chi connectivity index (χ1) is 8.06. The standard InChI is InChI=1S/C12H18N2O3/c1-7-11(9(3)17-13-7)8(2)14-6-5-10(14)12(15)16-4/h8,10H,5-6H2,1-4H3. The maximum atomic E-state index is 11.5. The lowest BCUT2D eigenvalue weighted by atomic mass is 9.95. The molecule has 0 amide bonds. The first-order valence-corrected chi connectivity index (χ1v) is 5.82. The summed E-state index contributed by atoms with van der Waals surface area (Å²) >= 11 is 0. The van der Waals surface area contributed by atoms with Crippen LogP contribution in [0.2, 0.25) is 0 Å². The summed E-state index contributed by atoms with van der Waals surface area (Å²) in [6, 6.07) is 0.0165. The van der Waals surface area contributed by atoms with Crippen molar-refractivity contribution in [2.24, 2.45) is 0 Å². The van der Waals surface area contributed by atoms with Crippen molar-refractivity contribution >= 4 is 5.97 Å². The van der Waals surface area contributed by atoms with E-state index in [9.17, 15) is 4.79 Å². The van der Waals surface area contributed by atoms with E-state index >= 15 is 0 Å². The lowest BCUT2D eigenvalue weighted by Crippen LogP contribution is -2.53. The molecule has 1 aromatic heterocycles. The fraction of sp³-hybridized carbons (Fsp3) is 0.667. The van der Waals surface area contributed by atoms with Crippen molar-refractivity contribution < 1.29 is 14.1 Å². The summed E-state index contributed by atoms with van der Waals surface area (Å²) in [6.45, 7) is 6.81. The minimum absolute atomic E-state index is 0.122. The fourth-order valence-corrected chi connectivity index (χ4v) is 2.51. The normalized spacial score (nSPS) is 22.0. The van der Waals surface area contributed by atoms with Crippen LogP contribution in [0.1, 0.15) is 36.4 Å². The summed E-state index contributed by atoms with van der Waals surface area (Å²) in [7, 11) is 1.43. The first-order valence-electron chi connectivity index (χ1n) is 5.82. The van der Waals surface area contributed by atoms with Crippen molar-refractivity contribution in [3.05, 3.63) is 17.0 Å². The van der Waals surface area contributed by atoms with Crippen LogP contribution in [-0.2, 0) is 9.53 Å². The Labute approximate surface area is 101 Å². The number of hydrogen-bond donors (Lipinski definition) is 0. The largest absolute Gasteiger partial charge is 0.468 e. The van der Waals surface area contributed by atoms with Gasteiger partial charge in [0, 0.05) is 18.2 Å². The van der Waals surface area contributed by atoms with Crippen molar-refractivity contribution in [1.82, 2.24) is 10.1 Å². The highest BCUT2D eigenvalue weighted by molar-refractivity contribution is 5.76. The molecule has 1 aliphatic heterocycles. The van der Waals surface area contributed by atoms with E-state index in [1.807, 2.05) is 13.8 Å². The Balaban J connectivity index is 2.16. The highest BCUT2D eigenvalue weighted by Crippen LogP contribution is 2.33. The third kappa shape index (κ3) is 1.95. The quantitative estimate of drug-likeness (QED) is 0.749. The summed E-state index contributed by atoms with van der Waals surface area (Å²) in [4.78, 5) is 13.7. The van der Waals surface area contributed by atoms with Crippen LogP contribution >= 0.6 is 0 Å². The summed E-state index contributed by atoms with van der Waals surface area (Å²) < 4.78 is 9.96. The van der Waals surface area contributed by atoms with Crippen molar-refractivity contribution in [1.29, 1.82) is 0 Å². The maximum Gasteiger partial charge on any atom is 0.323 e. The Morgan fingerprint density at radius 2 is 2.29 bits per heavy atom. The van der Waals surface area contributed by atoms with Gasteiger partial charge in [0.15, 0.2) is 0 Å². The van der Waals surface area contributed by atoms with E-state index in [4.69, 9.17) is 9.26 Å². The number of ether oxygens (including phenoxy) is 1. The first kappa shape index (κ1) is 12.1. The summed E-state index contributed by atoms with van der Waals surface area (Å²) in [5, 5.41) is 3.95. The zero-order chi connectivity index (χ0) is 12.6. The predicted octanol–water partition coefficient (Wildman–Crippen LogP) is 1.60. The summed E-state index contributed by atoms with van der Waals surface area (Å²) in [6.07, 6.45) is 0.861. The molecule has 0 aromatic carbocycles. The van der Waals surface area contributed by atoms with E-state index in [2.05, 4.69) is 17.0 Å². The molecule has 0 aliphatic carbocycles. The van der Waals surface area contributed by atoms with Gasteiger partial charge in [0.1, 0.15) is 11.8 Å². The molecule has 2 heterocycles. The van der Waals surface area contributed by atoms with E-state index in [1.165, 1.54) is 7.11 Å². The number of likely N-dealkylation sites (tertiary alicyclic amines) is 1. The highest BCUT2D eigenvalue weighted by Gasteiger charge is 2.39. The molecule has 0 bridgehead atoms. The smallest absolute Gasteiger partial charge is 0.323 e. The fourth-order valence-electron chi connectivity index (χ4n) is 2.51. The van der Waals surface area contributed by atoms with Gasteiger partial charge in [-0.3, -0.25) is 9.69 Å². The number of nitrogens with zero attached hydrogens (tertiary/aromatic N) is 2. The number of methoxy groups -OCH3 is 1. The molecule has 5 heteroatoms. The molecule has 1 aromatic rings. The number of esters is 1. The van der Waals surface area contributed by atoms with Gasteiger partial charge < -0.3 is 9.26 Å². The van der Waals surface area contributed by atoms with Crippen LogP contribution in [0.4, 0.5) is 0 Å². The van der Waals surface area contributed by atoms with Gasteiger partial charge in [-0.15, -0.1) is 0 Å². The van der Waals surface area contributed by atoms with E-state index in [1.54, 1.807) is 0 Å². The SMILES string of the molecule is COC(=O)C1CCN1C(C)c1c(C)noc1C. The molecule has 0 radical (unpaired) electrons. The van der Waals surface area contributed by atoms with E-state index in [0.717, 1.165) is 30.0 Å². The number of hydrogen-bond acceptors (Lipinski definition) is 5. The molecule has 1 aliphatic rings. The van der Waals surface area contributed by atoms with Gasteiger partial charge in [-0.1, -0.05) is 5.16 Å².